The number of thiophene rings is 1. The quantitative estimate of drug-likeness (QED) is 0.816. The average molecular weight is 255 g/mol. The van der Waals surface area contributed by atoms with Crippen molar-refractivity contribution in [2.45, 2.75) is 31.7 Å². The van der Waals surface area contributed by atoms with Crippen molar-refractivity contribution in [1.29, 1.82) is 0 Å². The third-order valence-electron chi connectivity index (χ3n) is 4.33. The zero-order valence-electron chi connectivity index (χ0n) is 10.6. The molecule has 18 heavy (non-hydrogen) atoms. The predicted molar refractivity (Wildman–Crippen MR) is 77.1 cm³/mol. The second-order valence-electron chi connectivity index (χ2n) is 5.66. The Labute approximate surface area is 112 Å². The first-order chi connectivity index (χ1) is 8.78. The fourth-order valence-electron chi connectivity index (χ4n) is 3.06. The molecular formula is C16H17NS. The minimum Gasteiger partial charge on any atom is -0.312 e. The Morgan fingerprint density at radius 3 is 2.83 bits per heavy atom. The van der Waals surface area contributed by atoms with E-state index in [1.54, 1.807) is 10.4 Å². The van der Waals surface area contributed by atoms with Gasteiger partial charge >= 0.3 is 0 Å². The number of hydrogen-bond acceptors (Lipinski definition) is 2. The monoisotopic (exact) mass is 255 g/mol. The smallest absolute Gasteiger partial charge is 0.0351 e. The van der Waals surface area contributed by atoms with Crippen LogP contribution in [0.25, 0.3) is 10.4 Å². The zero-order chi connectivity index (χ0) is 12.2. The summed E-state index contributed by atoms with van der Waals surface area (Å²) in [5.74, 6) is 0. The van der Waals surface area contributed by atoms with Gasteiger partial charge in [-0.3, -0.25) is 0 Å². The summed E-state index contributed by atoms with van der Waals surface area (Å²) in [7, 11) is 0. The van der Waals surface area contributed by atoms with E-state index in [-0.39, 0.29) is 0 Å². The van der Waals surface area contributed by atoms with E-state index in [0.29, 0.717) is 5.41 Å². The lowest BCUT2D eigenvalue weighted by Gasteiger charge is -2.22. The number of hydrogen-bond donors (Lipinski definition) is 1. The van der Waals surface area contributed by atoms with Gasteiger partial charge in [-0.15, -0.1) is 11.3 Å². The molecule has 1 nitrogen and oxygen atoms in total. The fourth-order valence-corrected chi connectivity index (χ4v) is 4.58. The van der Waals surface area contributed by atoms with E-state index in [1.807, 2.05) is 11.3 Å². The highest BCUT2D eigenvalue weighted by molar-refractivity contribution is 7.15. The van der Waals surface area contributed by atoms with Gasteiger partial charge in [0.1, 0.15) is 0 Å². The number of fused-ring (bicyclic) bond motifs is 2. The molecule has 0 radical (unpaired) electrons. The van der Waals surface area contributed by atoms with Crippen molar-refractivity contribution in [2.75, 3.05) is 6.54 Å². The molecule has 92 valence electrons. The maximum atomic E-state index is 3.58. The van der Waals surface area contributed by atoms with Crippen LogP contribution in [0.1, 0.15) is 28.8 Å². The number of aryl methyl sites for hydroxylation is 1. The molecule has 0 unspecified atom stereocenters. The summed E-state index contributed by atoms with van der Waals surface area (Å²) in [6, 6.07) is 11.1. The van der Waals surface area contributed by atoms with Crippen LogP contribution in [-0.4, -0.2) is 6.54 Å². The van der Waals surface area contributed by atoms with Crippen LogP contribution in [0, 0.1) is 6.92 Å². The highest BCUT2D eigenvalue weighted by Crippen LogP contribution is 2.54. The lowest BCUT2D eigenvalue weighted by atomic mass is 9.96. The molecule has 2 aromatic rings. The highest BCUT2D eigenvalue weighted by Gasteiger charge is 2.48. The van der Waals surface area contributed by atoms with Gasteiger partial charge in [-0.1, -0.05) is 24.3 Å². The lowest BCUT2D eigenvalue weighted by Crippen LogP contribution is -2.31. The van der Waals surface area contributed by atoms with Gasteiger partial charge in [-0.2, -0.15) is 0 Å². The second kappa shape index (κ2) is 3.69. The molecule has 1 spiro atoms. The Morgan fingerprint density at radius 2 is 2.06 bits per heavy atom. The number of benzene rings is 1. The first kappa shape index (κ1) is 10.8. The Bertz CT molecular complexity index is 607. The van der Waals surface area contributed by atoms with Crippen LogP contribution >= 0.6 is 11.3 Å². The molecule has 1 saturated carbocycles. The second-order valence-corrected chi connectivity index (χ2v) is 6.72. The summed E-state index contributed by atoms with van der Waals surface area (Å²) in [6.45, 7) is 4.45. The topological polar surface area (TPSA) is 12.0 Å². The molecule has 1 N–H and O–H groups in total. The van der Waals surface area contributed by atoms with E-state index in [4.69, 9.17) is 0 Å². The van der Waals surface area contributed by atoms with Gasteiger partial charge in [0.15, 0.2) is 0 Å². The molecule has 4 rings (SSSR count). The van der Waals surface area contributed by atoms with Crippen molar-refractivity contribution in [2.24, 2.45) is 0 Å². The molecule has 0 saturated heterocycles. The van der Waals surface area contributed by atoms with E-state index in [1.165, 1.54) is 35.4 Å². The molecule has 2 aliphatic rings. The molecular weight excluding hydrogens is 238 g/mol. The molecule has 1 aliphatic carbocycles. The van der Waals surface area contributed by atoms with Crippen LogP contribution in [0.2, 0.25) is 0 Å². The molecule has 2 heterocycles. The average Bonchev–Trinajstić information content (AvgIpc) is 3.00. The Kier molecular flexibility index (Phi) is 2.21. The van der Waals surface area contributed by atoms with Gasteiger partial charge in [0, 0.05) is 28.3 Å². The van der Waals surface area contributed by atoms with Crippen LogP contribution in [0.5, 0.6) is 0 Å². The summed E-state index contributed by atoms with van der Waals surface area (Å²) in [4.78, 5) is 3.12. The van der Waals surface area contributed by atoms with Crippen molar-refractivity contribution in [3.63, 3.8) is 0 Å². The van der Waals surface area contributed by atoms with Crippen molar-refractivity contribution >= 4 is 11.3 Å². The maximum absolute atomic E-state index is 3.58. The minimum absolute atomic E-state index is 0.513. The van der Waals surface area contributed by atoms with Crippen LogP contribution in [0.15, 0.2) is 30.3 Å². The molecule has 1 aromatic carbocycles. The van der Waals surface area contributed by atoms with Crippen molar-refractivity contribution in [3.05, 3.63) is 46.3 Å². The number of nitrogens with one attached hydrogen (secondary N) is 1. The molecule has 1 aromatic heterocycles. The van der Waals surface area contributed by atoms with Crippen LogP contribution in [-0.2, 0) is 12.0 Å². The van der Waals surface area contributed by atoms with E-state index in [2.05, 4.69) is 42.6 Å². The Balaban J connectivity index is 1.85. The van der Waals surface area contributed by atoms with Crippen LogP contribution in [0.4, 0.5) is 0 Å². The Morgan fingerprint density at radius 1 is 1.22 bits per heavy atom. The lowest BCUT2D eigenvalue weighted by molar-refractivity contribution is 0.541. The predicted octanol–water partition coefficient (Wildman–Crippen LogP) is 3.86. The summed E-state index contributed by atoms with van der Waals surface area (Å²) in [6.07, 6.45) is 2.75. The third-order valence-corrected chi connectivity index (χ3v) is 5.79. The van der Waals surface area contributed by atoms with Crippen LogP contribution in [0.3, 0.4) is 0 Å². The van der Waals surface area contributed by atoms with E-state index in [9.17, 15) is 0 Å². The van der Waals surface area contributed by atoms with Crippen molar-refractivity contribution in [3.8, 4) is 10.4 Å². The molecule has 1 fully saturated rings. The molecule has 0 amide bonds. The molecule has 0 atom stereocenters. The number of rotatable bonds is 1. The normalized spacial score (nSPS) is 19.8. The first-order valence-corrected chi connectivity index (χ1v) is 7.50. The van der Waals surface area contributed by atoms with Gasteiger partial charge in [0.25, 0.3) is 0 Å². The maximum Gasteiger partial charge on any atom is 0.0351 e. The van der Waals surface area contributed by atoms with Crippen LogP contribution < -0.4 is 5.32 Å². The van der Waals surface area contributed by atoms with Gasteiger partial charge in [-0.25, -0.2) is 0 Å². The zero-order valence-corrected chi connectivity index (χ0v) is 11.4. The standard InChI is InChI=1S/C16H17NS/c1-11-4-2-3-5-13(11)14-8-12-9-17-10-16(6-7-16)15(12)18-14/h2-5,8,17H,6-7,9-10H2,1H3. The van der Waals surface area contributed by atoms with E-state index in [0.717, 1.165) is 6.54 Å². The van der Waals surface area contributed by atoms with Gasteiger partial charge in [-0.05, 0) is 42.5 Å². The van der Waals surface area contributed by atoms with Crippen molar-refractivity contribution in [1.82, 2.24) is 5.32 Å². The largest absolute Gasteiger partial charge is 0.312 e. The third kappa shape index (κ3) is 1.49. The SMILES string of the molecule is Cc1ccccc1-c1cc2c(s1)C1(CC1)CNC2. The van der Waals surface area contributed by atoms with Gasteiger partial charge in [0.05, 0.1) is 0 Å². The van der Waals surface area contributed by atoms with E-state index >= 15 is 0 Å². The first-order valence-electron chi connectivity index (χ1n) is 6.68. The molecule has 0 bridgehead atoms. The summed E-state index contributed by atoms with van der Waals surface area (Å²) in [5.41, 5.74) is 4.85. The van der Waals surface area contributed by atoms with Crippen molar-refractivity contribution < 1.29 is 0 Å². The van der Waals surface area contributed by atoms with E-state index < -0.39 is 0 Å². The minimum atomic E-state index is 0.513. The summed E-state index contributed by atoms with van der Waals surface area (Å²) >= 11 is 2.03. The van der Waals surface area contributed by atoms with Gasteiger partial charge in [0.2, 0.25) is 0 Å². The summed E-state index contributed by atoms with van der Waals surface area (Å²) in [5, 5.41) is 3.58. The Hall–Kier alpha value is -1.12. The summed E-state index contributed by atoms with van der Waals surface area (Å²) < 4.78 is 0. The van der Waals surface area contributed by atoms with Gasteiger partial charge < -0.3 is 5.32 Å². The fraction of sp³-hybridized carbons (Fsp3) is 0.375. The highest BCUT2D eigenvalue weighted by atomic mass is 32.1. The molecule has 1 aliphatic heterocycles. The molecule has 2 heteroatoms.